The van der Waals surface area contributed by atoms with Crippen LogP contribution in [0, 0.1) is 0 Å². The molecule has 1 saturated carbocycles. The van der Waals surface area contributed by atoms with E-state index in [1.165, 1.54) is 19.8 Å². The zero-order chi connectivity index (χ0) is 14.4. The SMILES string of the molecule is CC(=O)N[C@H](CC(=O)NC1CCCC1)c1ccccc1. The van der Waals surface area contributed by atoms with E-state index in [1.807, 2.05) is 30.3 Å². The van der Waals surface area contributed by atoms with Gasteiger partial charge in [0.15, 0.2) is 0 Å². The monoisotopic (exact) mass is 274 g/mol. The van der Waals surface area contributed by atoms with Crippen LogP contribution >= 0.6 is 0 Å². The lowest BCUT2D eigenvalue weighted by molar-refractivity contribution is -0.123. The standard InChI is InChI=1S/C16H22N2O2/c1-12(19)17-15(13-7-3-2-4-8-13)11-16(20)18-14-9-5-6-10-14/h2-4,7-8,14-15H,5-6,9-11H2,1H3,(H,17,19)(H,18,20)/t15-/m1/s1. The molecule has 2 amide bonds. The lowest BCUT2D eigenvalue weighted by Gasteiger charge is -2.19. The summed E-state index contributed by atoms with van der Waals surface area (Å²) in [6.45, 7) is 1.48. The number of rotatable bonds is 5. The fourth-order valence-electron chi connectivity index (χ4n) is 2.73. The summed E-state index contributed by atoms with van der Waals surface area (Å²) in [5, 5.41) is 5.91. The van der Waals surface area contributed by atoms with Crippen LogP contribution < -0.4 is 10.6 Å². The molecule has 20 heavy (non-hydrogen) atoms. The van der Waals surface area contributed by atoms with Gasteiger partial charge in [-0.25, -0.2) is 0 Å². The number of benzene rings is 1. The van der Waals surface area contributed by atoms with Gasteiger partial charge in [-0.1, -0.05) is 43.2 Å². The molecule has 0 aromatic heterocycles. The molecule has 2 N–H and O–H groups in total. The van der Waals surface area contributed by atoms with E-state index in [-0.39, 0.29) is 17.9 Å². The minimum Gasteiger partial charge on any atom is -0.353 e. The Balaban J connectivity index is 1.96. The normalized spacial score (nSPS) is 16.6. The lowest BCUT2D eigenvalue weighted by atomic mass is 10.0. The van der Waals surface area contributed by atoms with Gasteiger partial charge >= 0.3 is 0 Å². The maximum atomic E-state index is 12.1. The minimum absolute atomic E-state index is 0.0134. The molecule has 4 nitrogen and oxygen atoms in total. The first kappa shape index (κ1) is 14.6. The third-order valence-electron chi connectivity index (χ3n) is 3.69. The maximum absolute atomic E-state index is 12.1. The minimum atomic E-state index is -0.255. The second kappa shape index (κ2) is 7.08. The van der Waals surface area contributed by atoms with Gasteiger partial charge in [0, 0.05) is 13.0 Å². The Kier molecular flexibility index (Phi) is 5.16. The molecule has 0 saturated heterocycles. The summed E-state index contributed by atoms with van der Waals surface area (Å²) in [5.41, 5.74) is 0.962. The van der Waals surface area contributed by atoms with E-state index >= 15 is 0 Å². The molecule has 2 rings (SSSR count). The van der Waals surface area contributed by atoms with E-state index in [0.717, 1.165) is 18.4 Å². The number of hydrogen-bond donors (Lipinski definition) is 2. The van der Waals surface area contributed by atoms with Crippen molar-refractivity contribution in [3.8, 4) is 0 Å². The molecule has 0 aliphatic heterocycles. The highest BCUT2D eigenvalue weighted by Gasteiger charge is 2.21. The van der Waals surface area contributed by atoms with Gasteiger partial charge in [-0.15, -0.1) is 0 Å². The number of carbonyl (C=O) groups is 2. The summed E-state index contributed by atoms with van der Waals surface area (Å²) in [4.78, 5) is 23.4. The van der Waals surface area contributed by atoms with Crippen molar-refractivity contribution in [2.45, 2.75) is 51.1 Å². The molecule has 108 valence electrons. The van der Waals surface area contributed by atoms with Crippen LogP contribution in [-0.4, -0.2) is 17.9 Å². The molecule has 1 fully saturated rings. The Hall–Kier alpha value is -1.84. The molecular formula is C16H22N2O2. The molecule has 4 heteroatoms. The highest BCUT2D eigenvalue weighted by molar-refractivity contribution is 5.79. The Morgan fingerprint density at radius 3 is 2.45 bits per heavy atom. The molecule has 1 aromatic rings. The highest BCUT2D eigenvalue weighted by Crippen LogP contribution is 2.20. The van der Waals surface area contributed by atoms with Gasteiger partial charge in [0.2, 0.25) is 11.8 Å². The van der Waals surface area contributed by atoms with Gasteiger partial charge in [0.25, 0.3) is 0 Å². The van der Waals surface area contributed by atoms with Crippen molar-refractivity contribution in [1.82, 2.24) is 10.6 Å². The summed E-state index contributed by atoms with van der Waals surface area (Å²) in [5.74, 6) is -0.105. The quantitative estimate of drug-likeness (QED) is 0.865. The first-order valence-electron chi connectivity index (χ1n) is 7.26. The van der Waals surface area contributed by atoms with E-state index in [0.29, 0.717) is 12.5 Å². The Labute approximate surface area is 119 Å². The van der Waals surface area contributed by atoms with Crippen LogP contribution in [-0.2, 0) is 9.59 Å². The first-order valence-corrected chi connectivity index (χ1v) is 7.26. The zero-order valence-electron chi connectivity index (χ0n) is 11.9. The van der Waals surface area contributed by atoms with E-state index < -0.39 is 0 Å². The van der Waals surface area contributed by atoms with Crippen molar-refractivity contribution in [3.05, 3.63) is 35.9 Å². The molecule has 1 aromatic carbocycles. The molecule has 1 atom stereocenters. The third-order valence-corrected chi connectivity index (χ3v) is 3.69. The van der Waals surface area contributed by atoms with Gasteiger partial charge in [0.1, 0.15) is 0 Å². The summed E-state index contributed by atoms with van der Waals surface area (Å²) >= 11 is 0. The predicted molar refractivity (Wildman–Crippen MR) is 78.0 cm³/mol. The van der Waals surface area contributed by atoms with Gasteiger partial charge in [-0.3, -0.25) is 9.59 Å². The van der Waals surface area contributed by atoms with Gasteiger partial charge in [-0.05, 0) is 18.4 Å². The fourth-order valence-corrected chi connectivity index (χ4v) is 2.73. The van der Waals surface area contributed by atoms with Crippen molar-refractivity contribution in [3.63, 3.8) is 0 Å². The van der Waals surface area contributed by atoms with E-state index in [4.69, 9.17) is 0 Å². The van der Waals surface area contributed by atoms with E-state index in [1.54, 1.807) is 0 Å². The molecule has 0 spiro atoms. The van der Waals surface area contributed by atoms with Crippen LogP contribution in [0.1, 0.15) is 50.6 Å². The van der Waals surface area contributed by atoms with E-state index in [9.17, 15) is 9.59 Å². The Morgan fingerprint density at radius 2 is 1.85 bits per heavy atom. The summed E-state index contributed by atoms with van der Waals surface area (Å²) in [7, 11) is 0. The Morgan fingerprint density at radius 1 is 1.20 bits per heavy atom. The largest absolute Gasteiger partial charge is 0.353 e. The first-order chi connectivity index (χ1) is 9.65. The molecule has 1 aliphatic carbocycles. The molecule has 1 aliphatic rings. The van der Waals surface area contributed by atoms with Crippen LogP contribution in [0.25, 0.3) is 0 Å². The van der Waals surface area contributed by atoms with Crippen molar-refractivity contribution in [2.75, 3.05) is 0 Å². The van der Waals surface area contributed by atoms with Crippen molar-refractivity contribution in [1.29, 1.82) is 0 Å². The summed E-state index contributed by atoms with van der Waals surface area (Å²) in [6, 6.07) is 9.68. The molecule has 0 bridgehead atoms. The molecular weight excluding hydrogens is 252 g/mol. The van der Waals surface area contributed by atoms with Gasteiger partial charge in [0.05, 0.1) is 12.5 Å². The average Bonchev–Trinajstić information content (AvgIpc) is 2.91. The topological polar surface area (TPSA) is 58.2 Å². The van der Waals surface area contributed by atoms with Crippen molar-refractivity contribution in [2.24, 2.45) is 0 Å². The van der Waals surface area contributed by atoms with Crippen LogP contribution in [0.3, 0.4) is 0 Å². The van der Waals surface area contributed by atoms with Crippen LogP contribution in [0.5, 0.6) is 0 Å². The van der Waals surface area contributed by atoms with Gasteiger partial charge < -0.3 is 10.6 Å². The number of hydrogen-bond acceptors (Lipinski definition) is 2. The number of nitrogens with one attached hydrogen (secondary N) is 2. The third kappa shape index (κ3) is 4.37. The average molecular weight is 274 g/mol. The van der Waals surface area contributed by atoms with Crippen molar-refractivity contribution >= 4 is 11.8 Å². The fraction of sp³-hybridized carbons (Fsp3) is 0.500. The van der Waals surface area contributed by atoms with Crippen LogP contribution in [0.4, 0.5) is 0 Å². The molecule has 0 radical (unpaired) electrons. The van der Waals surface area contributed by atoms with Crippen LogP contribution in [0.15, 0.2) is 30.3 Å². The second-order valence-corrected chi connectivity index (χ2v) is 5.42. The van der Waals surface area contributed by atoms with Gasteiger partial charge in [-0.2, -0.15) is 0 Å². The zero-order valence-corrected chi connectivity index (χ0v) is 11.9. The van der Waals surface area contributed by atoms with Crippen molar-refractivity contribution < 1.29 is 9.59 Å². The molecule has 0 unspecified atom stereocenters. The predicted octanol–water partition coefficient (Wildman–Crippen LogP) is 2.31. The second-order valence-electron chi connectivity index (χ2n) is 5.42. The number of amides is 2. The number of carbonyl (C=O) groups excluding carboxylic acids is 2. The van der Waals surface area contributed by atoms with Crippen LogP contribution in [0.2, 0.25) is 0 Å². The smallest absolute Gasteiger partial charge is 0.222 e. The van der Waals surface area contributed by atoms with E-state index in [2.05, 4.69) is 10.6 Å². The lowest BCUT2D eigenvalue weighted by Crippen LogP contribution is -2.36. The highest BCUT2D eigenvalue weighted by atomic mass is 16.2. The summed E-state index contributed by atoms with van der Waals surface area (Å²) < 4.78 is 0. The Bertz CT molecular complexity index is 453. The maximum Gasteiger partial charge on any atom is 0.222 e. The summed E-state index contributed by atoms with van der Waals surface area (Å²) in [6.07, 6.45) is 4.82. The molecule has 0 heterocycles.